The van der Waals surface area contributed by atoms with Gasteiger partial charge in [-0.15, -0.1) is 0 Å². The maximum Gasteiger partial charge on any atom is 0.309 e. The van der Waals surface area contributed by atoms with Crippen molar-refractivity contribution in [2.24, 2.45) is 0 Å². The zero-order valence-electron chi connectivity index (χ0n) is 14.0. The molecule has 3 rings (SSSR count). The Hall–Kier alpha value is -2.57. The van der Waals surface area contributed by atoms with Gasteiger partial charge in [0.25, 0.3) is 0 Å². The highest BCUT2D eigenvalue weighted by molar-refractivity contribution is 6.35. The standard InChI is InChI=1S/C19H19ClN2O4/c20-14-7-5-13(6-8-14)11-21-17(23)18(24)22-12-19(25)9-10-26-16-4-2-1-3-15(16)19/h1-8,25H,9-12H2,(H,21,23)(H,22,24). The fourth-order valence-electron chi connectivity index (χ4n) is 2.80. The van der Waals surface area contributed by atoms with Crippen LogP contribution in [-0.2, 0) is 21.7 Å². The molecule has 1 aliphatic rings. The Labute approximate surface area is 156 Å². The van der Waals surface area contributed by atoms with E-state index in [0.717, 1.165) is 5.56 Å². The van der Waals surface area contributed by atoms with Crippen LogP contribution in [0.4, 0.5) is 0 Å². The molecule has 0 fully saturated rings. The summed E-state index contributed by atoms with van der Waals surface area (Å²) in [5.74, 6) is -0.969. The van der Waals surface area contributed by atoms with Crippen LogP contribution in [0.2, 0.25) is 5.02 Å². The van der Waals surface area contributed by atoms with E-state index in [0.29, 0.717) is 29.4 Å². The van der Waals surface area contributed by atoms with Crippen molar-refractivity contribution >= 4 is 23.4 Å². The molecule has 2 amide bonds. The summed E-state index contributed by atoms with van der Waals surface area (Å²) in [6.45, 7) is 0.483. The summed E-state index contributed by atoms with van der Waals surface area (Å²) >= 11 is 5.80. The molecule has 0 saturated carbocycles. The molecule has 2 aromatic rings. The molecule has 3 N–H and O–H groups in total. The van der Waals surface area contributed by atoms with E-state index in [-0.39, 0.29) is 13.1 Å². The third-order valence-corrected chi connectivity index (χ3v) is 4.53. The second-order valence-electron chi connectivity index (χ2n) is 6.12. The summed E-state index contributed by atoms with van der Waals surface area (Å²) in [6.07, 6.45) is 0.330. The van der Waals surface area contributed by atoms with E-state index < -0.39 is 17.4 Å². The Kier molecular flexibility index (Phi) is 5.44. The van der Waals surface area contributed by atoms with Gasteiger partial charge in [0.1, 0.15) is 11.4 Å². The maximum absolute atomic E-state index is 12.0. The average Bonchev–Trinajstić information content (AvgIpc) is 2.66. The van der Waals surface area contributed by atoms with Gasteiger partial charge in [-0.25, -0.2) is 0 Å². The lowest BCUT2D eigenvalue weighted by Gasteiger charge is -2.34. The SMILES string of the molecule is O=C(NCc1ccc(Cl)cc1)C(=O)NCC1(O)CCOc2ccccc21. The van der Waals surface area contributed by atoms with Crippen LogP contribution in [0.1, 0.15) is 17.5 Å². The highest BCUT2D eigenvalue weighted by atomic mass is 35.5. The first-order chi connectivity index (χ1) is 12.5. The number of benzene rings is 2. The molecule has 1 unspecified atom stereocenters. The van der Waals surface area contributed by atoms with Gasteiger partial charge in [-0.3, -0.25) is 9.59 Å². The summed E-state index contributed by atoms with van der Waals surface area (Å²) in [5, 5.41) is 16.5. The van der Waals surface area contributed by atoms with E-state index in [2.05, 4.69) is 10.6 Å². The first kappa shape index (κ1) is 18.2. The number of para-hydroxylation sites is 1. The summed E-state index contributed by atoms with van der Waals surface area (Å²) in [7, 11) is 0. The third-order valence-electron chi connectivity index (χ3n) is 4.28. The van der Waals surface area contributed by atoms with Gasteiger partial charge in [0.05, 0.1) is 13.2 Å². The number of carbonyl (C=O) groups is 2. The number of fused-ring (bicyclic) bond motifs is 1. The summed E-state index contributed by atoms with van der Waals surface area (Å²) < 4.78 is 5.51. The number of hydrogen-bond donors (Lipinski definition) is 3. The molecule has 0 saturated heterocycles. The first-order valence-corrected chi connectivity index (χ1v) is 8.61. The van der Waals surface area contributed by atoms with Gasteiger partial charge >= 0.3 is 11.8 Å². The van der Waals surface area contributed by atoms with Crippen molar-refractivity contribution < 1.29 is 19.4 Å². The average molecular weight is 375 g/mol. The number of amides is 2. The van der Waals surface area contributed by atoms with E-state index in [1.54, 1.807) is 42.5 Å². The lowest BCUT2D eigenvalue weighted by atomic mass is 9.88. The predicted molar refractivity (Wildman–Crippen MR) is 96.8 cm³/mol. The molecule has 0 aliphatic carbocycles. The van der Waals surface area contributed by atoms with E-state index in [9.17, 15) is 14.7 Å². The monoisotopic (exact) mass is 374 g/mol. The second kappa shape index (κ2) is 7.76. The Balaban J connectivity index is 1.55. The van der Waals surface area contributed by atoms with Crippen LogP contribution in [-0.4, -0.2) is 30.1 Å². The molecule has 1 aliphatic heterocycles. The molecule has 0 spiro atoms. The highest BCUT2D eigenvalue weighted by Crippen LogP contribution is 2.36. The van der Waals surface area contributed by atoms with Crippen LogP contribution in [0, 0.1) is 0 Å². The predicted octanol–water partition coefficient (Wildman–Crippen LogP) is 1.74. The number of nitrogens with one attached hydrogen (secondary N) is 2. The number of aliphatic hydroxyl groups is 1. The first-order valence-electron chi connectivity index (χ1n) is 8.23. The largest absolute Gasteiger partial charge is 0.493 e. The van der Waals surface area contributed by atoms with Crippen molar-refractivity contribution in [2.75, 3.05) is 13.2 Å². The minimum absolute atomic E-state index is 0.0689. The summed E-state index contributed by atoms with van der Waals surface area (Å²) in [4.78, 5) is 24.0. The molecule has 1 heterocycles. The number of halogens is 1. The van der Waals surface area contributed by atoms with Crippen LogP contribution >= 0.6 is 11.6 Å². The minimum Gasteiger partial charge on any atom is -0.493 e. The fourth-order valence-corrected chi connectivity index (χ4v) is 2.92. The molecule has 0 aromatic heterocycles. The Morgan fingerprint density at radius 2 is 1.77 bits per heavy atom. The molecule has 0 bridgehead atoms. The molecule has 26 heavy (non-hydrogen) atoms. The number of rotatable bonds is 4. The van der Waals surface area contributed by atoms with Crippen molar-refractivity contribution in [1.82, 2.24) is 10.6 Å². The van der Waals surface area contributed by atoms with Crippen molar-refractivity contribution in [1.29, 1.82) is 0 Å². The van der Waals surface area contributed by atoms with Crippen LogP contribution in [0.5, 0.6) is 5.75 Å². The van der Waals surface area contributed by atoms with Gasteiger partial charge in [-0.05, 0) is 23.8 Å². The fraction of sp³-hybridized carbons (Fsp3) is 0.263. The van der Waals surface area contributed by atoms with Gasteiger partial charge < -0.3 is 20.5 Å². The van der Waals surface area contributed by atoms with E-state index in [1.165, 1.54) is 0 Å². The summed E-state index contributed by atoms with van der Waals surface area (Å²) in [6, 6.07) is 14.1. The third kappa shape index (κ3) is 4.15. The maximum atomic E-state index is 12.0. The quantitative estimate of drug-likeness (QED) is 0.711. The molecule has 2 aromatic carbocycles. The molecule has 6 nitrogen and oxygen atoms in total. The van der Waals surface area contributed by atoms with Gasteiger partial charge in [-0.1, -0.05) is 41.9 Å². The van der Waals surface area contributed by atoms with Crippen LogP contribution in [0.15, 0.2) is 48.5 Å². The molecule has 0 radical (unpaired) electrons. The number of ether oxygens (including phenoxy) is 1. The van der Waals surface area contributed by atoms with E-state index in [1.807, 2.05) is 6.07 Å². The number of carbonyl (C=O) groups excluding carboxylic acids is 2. The lowest BCUT2D eigenvalue weighted by Crippen LogP contribution is -2.47. The van der Waals surface area contributed by atoms with Crippen LogP contribution < -0.4 is 15.4 Å². The second-order valence-corrected chi connectivity index (χ2v) is 6.55. The molecule has 1 atom stereocenters. The number of hydrogen-bond acceptors (Lipinski definition) is 4. The van der Waals surface area contributed by atoms with Crippen LogP contribution in [0.3, 0.4) is 0 Å². The Morgan fingerprint density at radius 1 is 1.08 bits per heavy atom. The van der Waals surface area contributed by atoms with E-state index in [4.69, 9.17) is 16.3 Å². The van der Waals surface area contributed by atoms with Crippen LogP contribution in [0.25, 0.3) is 0 Å². The molecule has 136 valence electrons. The van der Waals surface area contributed by atoms with Crippen molar-refractivity contribution in [3.05, 3.63) is 64.7 Å². The van der Waals surface area contributed by atoms with Crippen molar-refractivity contribution in [3.8, 4) is 5.75 Å². The molecule has 7 heteroatoms. The van der Waals surface area contributed by atoms with E-state index >= 15 is 0 Å². The molecular formula is C19H19ClN2O4. The Bertz CT molecular complexity index is 809. The normalized spacial score (nSPS) is 18.4. The molecular weight excluding hydrogens is 356 g/mol. The topological polar surface area (TPSA) is 87.7 Å². The zero-order chi connectivity index (χ0) is 18.6. The smallest absolute Gasteiger partial charge is 0.309 e. The van der Waals surface area contributed by atoms with Crippen molar-refractivity contribution in [2.45, 2.75) is 18.6 Å². The van der Waals surface area contributed by atoms with Gasteiger partial charge in [0.2, 0.25) is 0 Å². The summed E-state index contributed by atoms with van der Waals surface area (Å²) in [5.41, 5.74) is 0.168. The lowest BCUT2D eigenvalue weighted by molar-refractivity contribution is -0.140. The van der Waals surface area contributed by atoms with Gasteiger partial charge in [-0.2, -0.15) is 0 Å². The zero-order valence-corrected chi connectivity index (χ0v) is 14.8. The Morgan fingerprint density at radius 3 is 2.54 bits per heavy atom. The van der Waals surface area contributed by atoms with Gasteiger partial charge in [0.15, 0.2) is 0 Å². The minimum atomic E-state index is -1.26. The highest BCUT2D eigenvalue weighted by Gasteiger charge is 2.36. The van der Waals surface area contributed by atoms with Crippen molar-refractivity contribution in [3.63, 3.8) is 0 Å². The van der Waals surface area contributed by atoms with Gasteiger partial charge in [0, 0.05) is 23.6 Å².